The minimum absolute atomic E-state index is 0.227. The van der Waals surface area contributed by atoms with Crippen molar-refractivity contribution in [2.24, 2.45) is 0 Å². The number of piperazine rings is 1. The van der Waals surface area contributed by atoms with Crippen LogP contribution in [0.5, 0.6) is 11.5 Å². The third-order valence-corrected chi connectivity index (χ3v) is 8.40. The summed E-state index contributed by atoms with van der Waals surface area (Å²) in [7, 11) is -0.320. The molecular weight excluding hydrogens is 470 g/mol. The lowest BCUT2D eigenvalue weighted by Crippen LogP contribution is -2.48. The standard InChI is InChI=1S/C22H24ClN3O4S2/c1-29-20-7-6-16(13-21(20)30-2)12-18-15-31-22(24-18)25-8-10-26(11-9-25)32(27,28)19-5-3-4-17(23)14-19/h3-7,13-15H,8-12H2,1-2H3. The first-order valence-corrected chi connectivity index (χ1v) is 12.8. The van der Waals surface area contributed by atoms with E-state index < -0.39 is 10.0 Å². The zero-order valence-electron chi connectivity index (χ0n) is 17.8. The smallest absolute Gasteiger partial charge is 0.243 e. The maximum atomic E-state index is 12.9. The van der Waals surface area contributed by atoms with E-state index in [1.807, 2.05) is 23.6 Å². The molecule has 1 fully saturated rings. The lowest BCUT2D eigenvalue weighted by Gasteiger charge is -2.33. The Hall–Kier alpha value is -2.33. The summed E-state index contributed by atoms with van der Waals surface area (Å²) in [5.41, 5.74) is 2.04. The number of thiazole rings is 1. The molecule has 0 saturated carbocycles. The van der Waals surface area contributed by atoms with Gasteiger partial charge in [0.2, 0.25) is 10.0 Å². The van der Waals surface area contributed by atoms with Gasteiger partial charge in [-0.25, -0.2) is 13.4 Å². The van der Waals surface area contributed by atoms with Gasteiger partial charge in [-0.2, -0.15) is 4.31 Å². The van der Waals surface area contributed by atoms with Crippen molar-refractivity contribution in [1.82, 2.24) is 9.29 Å². The van der Waals surface area contributed by atoms with Gasteiger partial charge in [-0.3, -0.25) is 0 Å². The zero-order valence-corrected chi connectivity index (χ0v) is 20.2. The van der Waals surface area contributed by atoms with Gasteiger partial charge in [0, 0.05) is 43.0 Å². The van der Waals surface area contributed by atoms with Gasteiger partial charge in [-0.15, -0.1) is 11.3 Å². The van der Waals surface area contributed by atoms with Crippen molar-refractivity contribution in [3.63, 3.8) is 0 Å². The van der Waals surface area contributed by atoms with Crippen LogP contribution < -0.4 is 14.4 Å². The summed E-state index contributed by atoms with van der Waals surface area (Å²) in [4.78, 5) is 7.13. The molecule has 7 nitrogen and oxygen atoms in total. The maximum Gasteiger partial charge on any atom is 0.243 e. The predicted octanol–water partition coefficient (Wildman–Crippen LogP) is 3.92. The number of rotatable bonds is 7. The summed E-state index contributed by atoms with van der Waals surface area (Å²) >= 11 is 7.55. The second kappa shape index (κ2) is 9.66. The van der Waals surface area contributed by atoms with E-state index in [1.165, 1.54) is 10.4 Å². The minimum Gasteiger partial charge on any atom is -0.493 e. The summed E-state index contributed by atoms with van der Waals surface area (Å²) in [6, 6.07) is 12.2. The monoisotopic (exact) mass is 493 g/mol. The molecule has 0 unspecified atom stereocenters. The van der Waals surface area contributed by atoms with E-state index in [0.29, 0.717) is 49.1 Å². The number of sulfonamides is 1. The number of methoxy groups -OCH3 is 2. The van der Waals surface area contributed by atoms with E-state index in [4.69, 9.17) is 26.1 Å². The van der Waals surface area contributed by atoms with Crippen molar-refractivity contribution in [2.45, 2.75) is 11.3 Å². The summed E-state index contributed by atoms with van der Waals surface area (Å²) in [6.07, 6.45) is 0.681. The highest BCUT2D eigenvalue weighted by Crippen LogP contribution is 2.30. The molecule has 170 valence electrons. The fraction of sp³-hybridized carbons (Fsp3) is 0.318. The highest BCUT2D eigenvalue weighted by atomic mass is 35.5. The van der Waals surface area contributed by atoms with Crippen LogP contribution in [0.1, 0.15) is 11.3 Å². The van der Waals surface area contributed by atoms with Gasteiger partial charge < -0.3 is 14.4 Å². The number of halogens is 1. The molecule has 0 atom stereocenters. The quantitative estimate of drug-likeness (QED) is 0.497. The van der Waals surface area contributed by atoms with Gasteiger partial charge in [-0.1, -0.05) is 23.7 Å². The molecule has 2 aromatic carbocycles. The molecule has 0 bridgehead atoms. The third-order valence-electron chi connectivity index (χ3n) is 5.32. The van der Waals surface area contributed by atoms with Crippen LogP contribution in [-0.4, -0.2) is 58.1 Å². The molecule has 3 aromatic rings. The van der Waals surface area contributed by atoms with Crippen molar-refractivity contribution in [1.29, 1.82) is 0 Å². The Labute approximate surface area is 197 Å². The summed E-state index contributed by atoms with van der Waals surface area (Å²) < 4.78 is 38.0. The average Bonchev–Trinajstić information content (AvgIpc) is 3.27. The maximum absolute atomic E-state index is 12.9. The van der Waals surface area contributed by atoms with Crippen LogP contribution in [0.2, 0.25) is 5.02 Å². The molecule has 0 aliphatic carbocycles. The first-order chi connectivity index (χ1) is 15.4. The summed E-state index contributed by atoms with van der Waals surface area (Å²) in [6.45, 7) is 1.98. The molecule has 1 aliphatic rings. The number of benzene rings is 2. The van der Waals surface area contributed by atoms with Crippen molar-refractivity contribution >= 4 is 38.1 Å². The number of anilines is 1. The van der Waals surface area contributed by atoms with Crippen LogP contribution in [0.25, 0.3) is 0 Å². The molecule has 32 heavy (non-hydrogen) atoms. The molecule has 0 amide bonds. The molecule has 0 spiro atoms. The summed E-state index contributed by atoms with van der Waals surface area (Å²) in [5.74, 6) is 1.39. The Balaban J connectivity index is 1.40. The SMILES string of the molecule is COc1ccc(Cc2csc(N3CCN(S(=O)(=O)c4cccc(Cl)c4)CC3)n2)cc1OC. The largest absolute Gasteiger partial charge is 0.493 e. The number of nitrogens with zero attached hydrogens (tertiary/aromatic N) is 3. The van der Waals surface area contributed by atoms with Crippen molar-refractivity contribution in [2.75, 3.05) is 45.3 Å². The fourth-order valence-electron chi connectivity index (χ4n) is 3.62. The predicted molar refractivity (Wildman–Crippen MR) is 127 cm³/mol. The number of aromatic nitrogens is 1. The van der Waals surface area contributed by atoms with Crippen LogP contribution >= 0.6 is 22.9 Å². The topological polar surface area (TPSA) is 72.0 Å². The van der Waals surface area contributed by atoms with Crippen molar-refractivity contribution in [3.8, 4) is 11.5 Å². The highest BCUT2D eigenvalue weighted by Gasteiger charge is 2.29. The van der Waals surface area contributed by atoms with E-state index in [2.05, 4.69) is 4.90 Å². The molecule has 1 aliphatic heterocycles. The van der Waals surface area contributed by atoms with Crippen LogP contribution in [0.4, 0.5) is 5.13 Å². The number of ether oxygens (including phenoxy) is 2. The molecule has 1 aromatic heterocycles. The Morgan fingerprint density at radius 1 is 1.03 bits per heavy atom. The van der Waals surface area contributed by atoms with E-state index >= 15 is 0 Å². The Kier molecular flexibility index (Phi) is 6.90. The zero-order chi connectivity index (χ0) is 22.7. The van der Waals surface area contributed by atoms with Gasteiger partial charge in [0.05, 0.1) is 24.8 Å². The van der Waals surface area contributed by atoms with E-state index in [-0.39, 0.29) is 4.90 Å². The van der Waals surface area contributed by atoms with E-state index in [0.717, 1.165) is 16.4 Å². The lowest BCUT2D eigenvalue weighted by molar-refractivity contribution is 0.354. The highest BCUT2D eigenvalue weighted by molar-refractivity contribution is 7.89. The summed E-state index contributed by atoms with van der Waals surface area (Å²) in [5, 5.41) is 3.36. The molecule has 2 heterocycles. The van der Waals surface area contributed by atoms with Crippen LogP contribution in [-0.2, 0) is 16.4 Å². The van der Waals surface area contributed by atoms with Crippen LogP contribution in [0, 0.1) is 0 Å². The third kappa shape index (κ3) is 4.85. The molecule has 1 saturated heterocycles. The molecule has 0 radical (unpaired) electrons. The normalized spacial score (nSPS) is 15.0. The van der Waals surface area contributed by atoms with Crippen molar-refractivity contribution < 1.29 is 17.9 Å². The van der Waals surface area contributed by atoms with Gasteiger partial charge >= 0.3 is 0 Å². The van der Waals surface area contributed by atoms with Gasteiger partial charge in [0.15, 0.2) is 16.6 Å². The van der Waals surface area contributed by atoms with E-state index in [9.17, 15) is 8.42 Å². The molecular formula is C22H24ClN3O4S2. The lowest BCUT2D eigenvalue weighted by atomic mass is 10.1. The Morgan fingerprint density at radius 2 is 1.78 bits per heavy atom. The average molecular weight is 494 g/mol. The van der Waals surface area contributed by atoms with Crippen LogP contribution in [0.15, 0.2) is 52.7 Å². The Bertz CT molecular complexity index is 1190. The van der Waals surface area contributed by atoms with Gasteiger partial charge in [0.25, 0.3) is 0 Å². The fourth-order valence-corrected chi connectivity index (χ4v) is 6.22. The number of hydrogen-bond donors (Lipinski definition) is 0. The molecule has 0 N–H and O–H groups in total. The second-order valence-corrected chi connectivity index (χ2v) is 10.5. The first kappa shape index (κ1) is 22.8. The second-order valence-electron chi connectivity index (χ2n) is 7.34. The molecule has 10 heteroatoms. The Morgan fingerprint density at radius 3 is 2.47 bits per heavy atom. The number of hydrogen-bond acceptors (Lipinski definition) is 7. The van der Waals surface area contributed by atoms with Gasteiger partial charge in [-0.05, 0) is 35.9 Å². The minimum atomic E-state index is -3.55. The molecule has 4 rings (SSSR count). The van der Waals surface area contributed by atoms with Crippen LogP contribution in [0.3, 0.4) is 0 Å². The van der Waals surface area contributed by atoms with Gasteiger partial charge in [0.1, 0.15) is 0 Å². The van der Waals surface area contributed by atoms with Crippen molar-refractivity contribution in [3.05, 3.63) is 64.1 Å². The first-order valence-electron chi connectivity index (χ1n) is 10.1. The van der Waals surface area contributed by atoms with E-state index in [1.54, 1.807) is 43.8 Å².